The van der Waals surface area contributed by atoms with Crippen molar-refractivity contribution in [2.75, 3.05) is 0 Å². The van der Waals surface area contributed by atoms with Crippen molar-refractivity contribution in [1.82, 2.24) is 0 Å². The molecule has 0 fully saturated rings. The van der Waals surface area contributed by atoms with Crippen molar-refractivity contribution < 1.29 is 4.79 Å². The lowest BCUT2D eigenvalue weighted by molar-refractivity contribution is 0.565. The SMILES string of the molecule is CC(=CN=C=O)[SiH](C)C. The van der Waals surface area contributed by atoms with Crippen LogP contribution in [0.25, 0.3) is 0 Å². The largest absolute Gasteiger partial charge is 0.239 e. The molecule has 0 saturated carbocycles. The van der Waals surface area contributed by atoms with Gasteiger partial charge in [0, 0.05) is 6.20 Å². The molecule has 0 saturated heterocycles. The monoisotopic (exact) mass is 141 g/mol. The molecule has 0 rings (SSSR count). The van der Waals surface area contributed by atoms with E-state index in [4.69, 9.17) is 0 Å². The van der Waals surface area contributed by atoms with Crippen molar-refractivity contribution in [1.29, 1.82) is 0 Å². The van der Waals surface area contributed by atoms with Gasteiger partial charge < -0.3 is 0 Å². The number of allylic oxidation sites excluding steroid dienone is 1. The maximum atomic E-state index is 9.61. The number of hydrogen-bond donors (Lipinski definition) is 0. The maximum Gasteiger partial charge on any atom is 0.239 e. The predicted molar refractivity (Wildman–Crippen MR) is 40.8 cm³/mol. The molecule has 0 aromatic carbocycles. The second kappa shape index (κ2) is 4.24. The van der Waals surface area contributed by atoms with Gasteiger partial charge in [-0.05, 0) is 6.92 Å². The second-order valence-corrected chi connectivity index (χ2v) is 5.47. The van der Waals surface area contributed by atoms with Crippen LogP contribution in [0.15, 0.2) is 16.4 Å². The molecule has 0 bridgehead atoms. The molecule has 9 heavy (non-hydrogen) atoms. The van der Waals surface area contributed by atoms with E-state index in [1.807, 2.05) is 6.92 Å². The highest BCUT2D eigenvalue weighted by Crippen LogP contribution is 1.97. The van der Waals surface area contributed by atoms with Gasteiger partial charge in [-0.15, -0.1) is 0 Å². The molecule has 0 N–H and O–H groups in total. The number of carbonyl (C=O) groups excluding carboxylic acids is 1. The number of nitrogens with zero attached hydrogens (tertiary/aromatic N) is 1. The van der Waals surface area contributed by atoms with Gasteiger partial charge in [-0.25, -0.2) is 4.79 Å². The molecule has 0 heterocycles. The predicted octanol–water partition coefficient (Wildman–Crippen LogP) is 1.25. The standard InChI is InChI=1S/C6H11NOSi/c1-6(9(2)3)4-7-5-8/h4,9H,1-3H3. The van der Waals surface area contributed by atoms with Crippen molar-refractivity contribution in [3.63, 3.8) is 0 Å². The van der Waals surface area contributed by atoms with Crippen LogP contribution in [0.4, 0.5) is 0 Å². The maximum absolute atomic E-state index is 9.61. The lowest BCUT2D eigenvalue weighted by Crippen LogP contribution is -2.00. The van der Waals surface area contributed by atoms with Crippen molar-refractivity contribution in [3.8, 4) is 0 Å². The first-order chi connectivity index (χ1) is 4.18. The van der Waals surface area contributed by atoms with E-state index in [1.54, 1.807) is 6.20 Å². The summed E-state index contributed by atoms with van der Waals surface area (Å²) >= 11 is 0. The molecule has 50 valence electrons. The van der Waals surface area contributed by atoms with E-state index in [0.29, 0.717) is 0 Å². The van der Waals surface area contributed by atoms with Crippen molar-refractivity contribution >= 4 is 14.9 Å². The molecular formula is C6H11NOSi. The third-order valence-corrected chi connectivity index (χ3v) is 3.20. The Morgan fingerprint density at radius 3 is 2.56 bits per heavy atom. The molecule has 0 unspecified atom stereocenters. The van der Waals surface area contributed by atoms with Gasteiger partial charge in [0.15, 0.2) is 0 Å². The zero-order valence-corrected chi connectivity index (χ0v) is 7.16. The fraction of sp³-hybridized carbons (Fsp3) is 0.500. The number of aliphatic imine (C=N–C) groups is 1. The van der Waals surface area contributed by atoms with Crippen LogP contribution in [0.2, 0.25) is 13.1 Å². The van der Waals surface area contributed by atoms with Crippen LogP contribution in [0, 0.1) is 0 Å². The van der Waals surface area contributed by atoms with Crippen LogP contribution in [-0.2, 0) is 4.79 Å². The fourth-order valence-electron chi connectivity index (χ4n) is 0.277. The van der Waals surface area contributed by atoms with E-state index in [2.05, 4.69) is 18.1 Å². The lowest BCUT2D eigenvalue weighted by Gasteiger charge is -1.97. The summed E-state index contributed by atoms with van der Waals surface area (Å²) in [5.41, 5.74) is 0. The Labute approximate surface area is 56.9 Å². The molecule has 0 aliphatic heterocycles. The van der Waals surface area contributed by atoms with E-state index in [9.17, 15) is 4.79 Å². The summed E-state index contributed by atoms with van der Waals surface area (Å²) in [5, 5.41) is 1.23. The van der Waals surface area contributed by atoms with Crippen LogP contribution in [0.5, 0.6) is 0 Å². The molecular weight excluding hydrogens is 130 g/mol. The van der Waals surface area contributed by atoms with Crippen molar-refractivity contribution in [2.45, 2.75) is 20.0 Å². The Morgan fingerprint density at radius 1 is 1.67 bits per heavy atom. The minimum absolute atomic E-state index is 0.708. The van der Waals surface area contributed by atoms with E-state index >= 15 is 0 Å². The molecule has 0 radical (unpaired) electrons. The molecule has 0 aliphatic carbocycles. The average molecular weight is 141 g/mol. The molecule has 0 atom stereocenters. The van der Waals surface area contributed by atoms with E-state index in [0.717, 1.165) is 0 Å². The highest BCUT2D eigenvalue weighted by Gasteiger charge is 1.94. The summed E-state index contributed by atoms with van der Waals surface area (Å²) < 4.78 is 0. The topological polar surface area (TPSA) is 29.4 Å². The van der Waals surface area contributed by atoms with E-state index < -0.39 is 8.80 Å². The van der Waals surface area contributed by atoms with Gasteiger partial charge in [-0.1, -0.05) is 18.3 Å². The highest BCUT2D eigenvalue weighted by atomic mass is 28.3. The first-order valence-electron chi connectivity index (χ1n) is 2.92. The third kappa shape index (κ3) is 3.88. The summed E-state index contributed by atoms with van der Waals surface area (Å²) in [4.78, 5) is 13.0. The minimum atomic E-state index is -0.708. The first-order valence-corrected chi connectivity index (χ1v) is 5.80. The summed E-state index contributed by atoms with van der Waals surface area (Å²) in [6, 6.07) is 0. The Balaban J connectivity index is 3.99. The molecule has 0 spiro atoms. The highest BCUT2D eigenvalue weighted by molar-refractivity contribution is 6.63. The van der Waals surface area contributed by atoms with Crippen LogP contribution in [0.1, 0.15) is 6.92 Å². The molecule has 0 aliphatic rings. The van der Waals surface area contributed by atoms with Gasteiger partial charge >= 0.3 is 0 Å². The summed E-state index contributed by atoms with van der Waals surface area (Å²) in [6.07, 6.45) is 3.08. The zero-order chi connectivity index (χ0) is 7.28. The number of isocyanates is 1. The number of hydrogen-bond acceptors (Lipinski definition) is 2. The molecule has 2 nitrogen and oxygen atoms in total. The Bertz CT molecular complexity index is 156. The van der Waals surface area contributed by atoms with Crippen LogP contribution < -0.4 is 0 Å². The molecule has 0 aromatic rings. The van der Waals surface area contributed by atoms with Crippen LogP contribution in [-0.4, -0.2) is 14.9 Å². The Morgan fingerprint density at radius 2 is 2.22 bits per heavy atom. The van der Waals surface area contributed by atoms with Gasteiger partial charge in [0.05, 0.1) is 8.80 Å². The smallest absolute Gasteiger partial charge is 0.211 e. The summed E-state index contributed by atoms with van der Waals surface area (Å²) in [6.45, 7) is 6.37. The van der Waals surface area contributed by atoms with Crippen LogP contribution in [0.3, 0.4) is 0 Å². The minimum Gasteiger partial charge on any atom is -0.211 e. The van der Waals surface area contributed by atoms with Crippen molar-refractivity contribution in [2.24, 2.45) is 4.99 Å². The summed E-state index contributed by atoms with van der Waals surface area (Å²) in [7, 11) is -0.708. The zero-order valence-electron chi connectivity index (χ0n) is 6.01. The van der Waals surface area contributed by atoms with E-state index in [1.165, 1.54) is 11.3 Å². The fourth-order valence-corrected chi connectivity index (χ4v) is 0.650. The summed E-state index contributed by atoms with van der Waals surface area (Å²) in [5.74, 6) is 0. The van der Waals surface area contributed by atoms with E-state index in [-0.39, 0.29) is 0 Å². The number of rotatable bonds is 2. The molecule has 0 aromatic heterocycles. The lowest BCUT2D eigenvalue weighted by atomic mass is 10.7. The van der Waals surface area contributed by atoms with Gasteiger partial charge in [0.25, 0.3) is 0 Å². The Kier molecular flexibility index (Phi) is 3.93. The molecule has 3 heteroatoms. The van der Waals surface area contributed by atoms with Crippen LogP contribution >= 0.6 is 0 Å². The normalized spacial score (nSPS) is 11.3. The van der Waals surface area contributed by atoms with Crippen molar-refractivity contribution in [3.05, 3.63) is 11.4 Å². The van der Waals surface area contributed by atoms with Gasteiger partial charge in [-0.2, -0.15) is 4.99 Å². The molecule has 0 amide bonds. The Hall–Kier alpha value is -0.663. The third-order valence-electron chi connectivity index (χ3n) is 1.23. The first kappa shape index (κ1) is 8.34. The second-order valence-electron chi connectivity index (χ2n) is 2.25. The quantitative estimate of drug-likeness (QED) is 0.323. The average Bonchev–Trinajstić information content (AvgIpc) is 1.82. The van der Waals surface area contributed by atoms with Gasteiger partial charge in [0.2, 0.25) is 6.08 Å². The van der Waals surface area contributed by atoms with Gasteiger partial charge in [0.1, 0.15) is 0 Å². The van der Waals surface area contributed by atoms with Gasteiger partial charge in [-0.3, -0.25) is 0 Å².